The number of sulfonamides is 1. The van der Waals surface area contributed by atoms with Crippen LogP contribution in [0.1, 0.15) is 12.0 Å². The molecule has 2 aromatic carbocycles. The number of nitrogens with one attached hydrogen (secondary N) is 1. The predicted octanol–water partition coefficient (Wildman–Crippen LogP) is 3.88. The average Bonchev–Trinajstić information content (AvgIpc) is 3.00. The van der Waals surface area contributed by atoms with Crippen molar-refractivity contribution < 1.29 is 8.42 Å². The number of para-hydroxylation sites is 2. The molecule has 1 N–H and O–H groups in total. The van der Waals surface area contributed by atoms with Crippen LogP contribution in [-0.4, -0.2) is 35.4 Å². The molecule has 3 aromatic rings. The Labute approximate surface area is 172 Å². The predicted molar refractivity (Wildman–Crippen MR) is 111 cm³/mol. The number of fused-ring (bicyclic) bond motifs is 1. The maximum atomic E-state index is 13.0. The van der Waals surface area contributed by atoms with Gasteiger partial charge in [-0.05, 0) is 42.8 Å². The molecular weight excluding hydrogens is 421 g/mol. The van der Waals surface area contributed by atoms with Gasteiger partial charge in [0.05, 0.1) is 16.1 Å². The summed E-state index contributed by atoms with van der Waals surface area (Å²) in [6.45, 7) is 2.13. The molecule has 9 heteroatoms. The van der Waals surface area contributed by atoms with E-state index in [9.17, 15) is 13.2 Å². The Morgan fingerprint density at radius 2 is 1.86 bits per heavy atom. The highest BCUT2D eigenvalue weighted by Gasteiger charge is 2.29. The maximum absolute atomic E-state index is 13.0. The molecule has 0 fully saturated rings. The van der Waals surface area contributed by atoms with Gasteiger partial charge in [0.15, 0.2) is 0 Å². The van der Waals surface area contributed by atoms with Gasteiger partial charge in [0.2, 0.25) is 10.0 Å². The summed E-state index contributed by atoms with van der Waals surface area (Å²) in [6, 6.07) is 10.3. The van der Waals surface area contributed by atoms with Crippen LogP contribution in [0.5, 0.6) is 0 Å². The summed E-state index contributed by atoms with van der Waals surface area (Å²) in [7, 11) is -3.77. The van der Waals surface area contributed by atoms with Crippen LogP contribution in [0, 0.1) is 6.92 Å². The van der Waals surface area contributed by atoms with Crippen molar-refractivity contribution in [3.8, 4) is 0 Å². The van der Waals surface area contributed by atoms with Crippen LogP contribution < -0.4 is 5.69 Å². The molecule has 1 aliphatic heterocycles. The van der Waals surface area contributed by atoms with Crippen molar-refractivity contribution >= 4 is 50.0 Å². The van der Waals surface area contributed by atoms with E-state index in [1.807, 2.05) is 24.3 Å². The summed E-state index contributed by atoms with van der Waals surface area (Å²) >= 11 is 12.2. The Bertz CT molecular complexity index is 1280. The number of hydrogen-bond donors (Lipinski definition) is 1. The van der Waals surface area contributed by atoms with Crippen LogP contribution in [0.15, 0.2) is 52.2 Å². The highest BCUT2D eigenvalue weighted by molar-refractivity contribution is 7.89. The Hall–Kier alpha value is -2.06. The minimum atomic E-state index is -3.77. The van der Waals surface area contributed by atoms with E-state index in [2.05, 4.69) is 4.98 Å². The third-order valence-corrected chi connectivity index (χ3v) is 7.59. The van der Waals surface area contributed by atoms with Crippen LogP contribution in [0.3, 0.4) is 0 Å². The van der Waals surface area contributed by atoms with Crippen molar-refractivity contribution in [1.82, 2.24) is 13.9 Å². The summed E-state index contributed by atoms with van der Waals surface area (Å²) < 4.78 is 29.0. The smallest absolute Gasteiger partial charge is 0.305 e. The van der Waals surface area contributed by atoms with Crippen LogP contribution in [-0.2, 0) is 10.0 Å². The monoisotopic (exact) mass is 437 g/mol. The lowest BCUT2D eigenvalue weighted by Crippen LogP contribution is -2.36. The van der Waals surface area contributed by atoms with E-state index < -0.39 is 10.0 Å². The third-order valence-electron chi connectivity index (χ3n) is 4.86. The van der Waals surface area contributed by atoms with Gasteiger partial charge in [-0.25, -0.2) is 13.2 Å². The molecule has 6 nitrogen and oxygen atoms in total. The quantitative estimate of drug-likeness (QED) is 0.675. The number of aromatic nitrogens is 2. The number of halogens is 2. The second-order valence-electron chi connectivity index (χ2n) is 6.62. The normalized spacial score (nSPS) is 15.8. The number of benzene rings is 2. The largest absolute Gasteiger partial charge is 0.330 e. The van der Waals surface area contributed by atoms with Gasteiger partial charge in [0.1, 0.15) is 4.90 Å². The van der Waals surface area contributed by atoms with Gasteiger partial charge >= 0.3 is 5.69 Å². The van der Waals surface area contributed by atoms with Crippen LogP contribution >= 0.6 is 23.2 Å². The number of rotatable bonds is 3. The van der Waals surface area contributed by atoms with Crippen LogP contribution in [0.2, 0.25) is 10.0 Å². The molecule has 1 aliphatic rings. The first-order valence-corrected chi connectivity index (χ1v) is 10.8. The van der Waals surface area contributed by atoms with E-state index in [4.69, 9.17) is 23.2 Å². The van der Waals surface area contributed by atoms with E-state index in [1.165, 1.54) is 16.4 Å². The topological polar surface area (TPSA) is 75.2 Å². The van der Waals surface area contributed by atoms with Gasteiger partial charge in [-0.2, -0.15) is 4.31 Å². The van der Waals surface area contributed by atoms with E-state index >= 15 is 0 Å². The fourth-order valence-electron chi connectivity index (χ4n) is 3.37. The molecule has 0 atom stereocenters. The number of nitrogens with zero attached hydrogens (tertiary/aromatic N) is 2. The highest BCUT2D eigenvalue weighted by atomic mass is 35.5. The first-order valence-electron chi connectivity index (χ1n) is 8.64. The van der Waals surface area contributed by atoms with Gasteiger partial charge in [0.25, 0.3) is 0 Å². The second-order valence-corrected chi connectivity index (χ2v) is 9.34. The molecule has 0 spiro atoms. The molecule has 2 heterocycles. The van der Waals surface area contributed by atoms with Crippen molar-refractivity contribution in [3.63, 3.8) is 0 Å². The minimum absolute atomic E-state index is 0.0391. The molecule has 4 rings (SSSR count). The summed E-state index contributed by atoms with van der Waals surface area (Å²) in [6.07, 6.45) is 2.17. The van der Waals surface area contributed by atoms with Gasteiger partial charge in [-0.1, -0.05) is 35.3 Å². The van der Waals surface area contributed by atoms with Crippen molar-refractivity contribution in [2.45, 2.75) is 18.2 Å². The number of aromatic amines is 1. The summed E-state index contributed by atoms with van der Waals surface area (Å²) in [4.78, 5) is 15.2. The standard InChI is InChI=1S/C19H17Cl2N3O3S/c1-12-10-18(15(21)11-14(12)20)28(26,27)23-8-6-13(7-9-23)24-17-5-3-2-4-16(17)22-19(24)25/h2-6,10-11H,7-9H2,1H3,(H,22,25). The van der Waals surface area contributed by atoms with E-state index in [0.29, 0.717) is 17.0 Å². The van der Waals surface area contributed by atoms with Gasteiger partial charge in [0, 0.05) is 30.2 Å². The Morgan fingerprint density at radius 1 is 1.11 bits per heavy atom. The number of aryl methyl sites for hydroxylation is 1. The first-order chi connectivity index (χ1) is 13.3. The van der Waals surface area contributed by atoms with Crippen LogP contribution in [0.25, 0.3) is 16.7 Å². The summed E-state index contributed by atoms with van der Waals surface area (Å²) in [5.74, 6) is 0. The van der Waals surface area contributed by atoms with Crippen molar-refractivity contribution in [2.24, 2.45) is 0 Å². The average molecular weight is 438 g/mol. The molecule has 146 valence electrons. The molecule has 0 radical (unpaired) electrons. The molecular formula is C19H17Cl2N3O3S. The fourth-order valence-corrected chi connectivity index (χ4v) is 5.56. The van der Waals surface area contributed by atoms with Gasteiger partial charge in [-0.3, -0.25) is 4.57 Å². The summed E-state index contributed by atoms with van der Waals surface area (Å²) in [5.41, 5.74) is 2.69. The number of imidazole rings is 1. The third kappa shape index (κ3) is 3.18. The van der Waals surface area contributed by atoms with Crippen molar-refractivity contribution in [1.29, 1.82) is 0 Å². The SMILES string of the molecule is Cc1cc(S(=O)(=O)N2CC=C(n3c(=O)[nH]c4ccccc43)CC2)c(Cl)cc1Cl. The zero-order chi connectivity index (χ0) is 20.1. The molecule has 0 aliphatic carbocycles. The molecule has 0 saturated carbocycles. The lowest BCUT2D eigenvalue weighted by Gasteiger charge is -2.26. The van der Waals surface area contributed by atoms with E-state index in [0.717, 1.165) is 16.7 Å². The second kappa shape index (κ2) is 7.08. The zero-order valence-corrected chi connectivity index (χ0v) is 17.3. The lowest BCUT2D eigenvalue weighted by atomic mass is 10.2. The van der Waals surface area contributed by atoms with E-state index in [1.54, 1.807) is 17.6 Å². The number of H-pyrrole nitrogens is 1. The Morgan fingerprint density at radius 3 is 2.57 bits per heavy atom. The fraction of sp³-hybridized carbons (Fsp3) is 0.211. The van der Waals surface area contributed by atoms with Crippen LogP contribution in [0.4, 0.5) is 0 Å². The Kier molecular flexibility index (Phi) is 4.87. The van der Waals surface area contributed by atoms with Gasteiger partial charge in [-0.15, -0.1) is 0 Å². The molecule has 28 heavy (non-hydrogen) atoms. The zero-order valence-electron chi connectivity index (χ0n) is 14.9. The van der Waals surface area contributed by atoms with Gasteiger partial charge < -0.3 is 4.98 Å². The maximum Gasteiger partial charge on any atom is 0.330 e. The first kappa shape index (κ1) is 19.3. The molecule has 0 unspecified atom stereocenters. The van der Waals surface area contributed by atoms with Crippen molar-refractivity contribution in [2.75, 3.05) is 13.1 Å². The molecule has 0 bridgehead atoms. The Balaban J connectivity index is 1.68. The lowest BCUT2D eigenvalue weighted by molar-refractivity contribution is 0.438. The molecule has 0 saturated heterocycles. The van der Waals surface area contributed by atoms with E-state index in [-0.39, 0.29) is 28.7 Å². The molecule has 1 aromatic heterocycles. The van der Waals surface area contributed by atoms with Crippen molar-refractivity contribution in [3.05, 3.63) is 68.6 Å². The summed E-state index contributed by atoms with van der Waals surface area (Å²) in [5, 5.41) is 0.515. The minimum Gasteiger partial charge on any atom is -0.305 e. The highest BCUT2D eigenvalue weighted by Crippen LogP contribution is 2.31. The molecule has 0 amide bonds. The number of hydrogen-bond acceptors (Lipinski definition) is 3.